The molecule has 13 aromatic rings. The Labute approximate surface area is 389 Å². The summed E-state index contributed by atoms with van der Waals surface area (Å²) in [5.41, 5.74) is 11.6. The van der Waals surface area contributed by atoms with Crippen LogP contribution in [0.2, 0.25) is 0 Å². The first-order valence-corrected chi connectivity index (χ1v) is 22.9. The molecule has 6 nitrogen and oxygen atoms in total. The summed E-state index contributed by atoms with van der Waals surface area (Å²) >= 11 is 1.79. The highest BCUT2D eigenvalue weighted by Gasteiger charge is 2.20. The maximum Gasteiger partial charge on any atom is 0.187 e. The van der Waals surface area contributed by atoms with Crippen LogP contribution in [0.15, 0.2) is 207 Å². The number of hydrogen-bond acceptors (Lipinski definition) is 6. The van der Waals surface area contributed by atoms with Gasteiger partial charge >= 0.3 is 0 Å². The minimum Gasteiger partial charge on any atom is -0.256 e. The second kappa shape index (κ2) is 15.6. The van der Waals surface area contributed by atoms with Gasteiger partial charge in [0.05, 0.1) is 17.6 Å². The van der Waals surface area contributed by atoms with E-state index in [2.05, 4.69) is 132 Å². The van der Waals surface area contributed by atoms with Crippen LogP contribution in [0.5, 0.6) is 0 Å². The molecule has 4 aromatic heterocycles. The van der Waals surface area contributed by atoms with Crippen molar-refractivity contribution in [2.24, 2.45) is 0 Å². The molecule has 0 saturated heterocycles. The Hall–Kier alpha value is -8.96. The quantitative estimate of drug-likeness (QED) is 0.123. The molecule has 0 spiro atoms. The van der Waals surface area contributed by atoms with Crippen LogP contribution < -0.4 is 0 Å². The molecule has 0 N–H and O–H groups in total. The first kappa shape index (κ1) is 38.5. The normalized spacial score (nSPS) is 11.6. The van der Waals surface area contributed by atoms with Gasteiger partial charge < -0.3 is 0 Å². The Bertz CT molecular complexity index is 4170. The van der Waals surface area contributed by atoms with Gasteiger partial charge in [-0.1, -0.05) is 152 Å². The van der Waals surface area contributed by atoms with Gasteiger partial charge in [-0.25, -0.2) is 19.8 Å². The lowest BCUT2D eigenvalue weighted by Gasteiger charge is -2.17. The van der Waals surface area contributed by atoms with Gasteiger partial charge in [-0.05, 0) is 86.3 Å². The average Bonchev–Trinajstić information content (AvgIpc) is 3.78. The van der Waals surface area contributed by atoms with Crippen molar-refractivity contribution in [3.63, 3.8) is 0 Å². The summed E-state index contributed by atoms with van der Waals surface area (Å²) < 4.78 is 2.45. The highest BCUT2D eigenvalue weighted by Crippen LogP contribution is 2.44. The molecule has 4 heterocycles. The van der Waals surface area contributed by atoms with Gasteiger partial charge in [0.1, 0.15) is 0 Å². The Morgan fingerprint density at radius 3 is 1.60 bits per heavy atom. The topological polar surface area (TPSA) is 68.8 Å². The molecule has 0 aliphatic rings. The minimum atomic E-state index is 0.595. The fraction of sp³-hybridized carbons (Fsp3) is 0. The van der Waals surface area contributed by atoms with Gasteiger partial charge in [0.15, 0.2) is 23.2 Å². The Morgan fingerprint density at radius 1 is 0.328 bits per heavy atom. The zero-order valence-corrected chi connectivity index (χ0v) is 36.5. The van der Waals surface area contributed by atoms with Crippen molar-refractivity contribution in [2.45, 2.75) is 0 Å². The molecule has 0 saturated carbocycles. The molecule has 7 heteroatoms. The number of pyridine rings is 2. The van der Waals surface area contributed by atoms with Gasteiger partial charge in [0.2, 0.25) is 0 Å². The lowest BCUT2D eigenvalue weighted by Crippen LogP contribution is -2.00. The smallest absolute Gasteiger partial charge is 0.187 e. The third-order valence-corrected chi connectivity index (χ3v) is 14.0. The molecule has 0 amide bonds. The second-order valence-corrected chi connectivity index (χ2v) is 17.8. The number of benzene rings is 9. The lowest BCUT2D eigenvalue weighted by molar-refractivity contribution is 1.07. The van der Waals surface area contributed by atoms with E-state index in [-0.39, 0.29) is 0 Å². The molecule has 310 valence electrons. The molecule has 0 atom stereocenters. The SMILES string of the molecule is [C-]#[N+]c1ccc(-c2ccc(-c3cc4c5cccnc5c(-c5cccc(-c6nc(-c7ccccc7)nc(-c7ccc8c(c7)sc7ccccc78)n6)c5)cc4c4cccnc34)c3ccccc23)cc1. The highest BCUT2D eigenvalue weighted by molar-refractivity contribution is 7.25. The average molecular weight is 871 g/mol. The van der Waals surface area contributed by atoms with Crippen LogP contribution in [0, 0.1) is 6.57 Å². The Kier molecular flexibility index (Phi) is 8.98. The van der Waals surface area contributed by atoms with Crippen LogP contribution in [0.1, 0.15) is 0 Å². The van der Waals surface area contributed by atoms with Gasteiger partial charge in [-0.15, -0.1) is 11.3 Å². The number of thiophene rings is 1. The summed E-state index contributed by atoms with van der Waals surface area (Å²) in [5.74, 6) is 1.84. The van der Waals surface area contributed by atoms with Crippen LogP contribution in [0.25, 0.3) is 136 Å². The number of nitrogens with zero attached hydrogens (tertiary/aromatic N) is 6. The van der Waals surface area contributed by atoms with Crippen LogP contribution in [0.3, 0.4) is 0 Å². The van der Waals surface area contributed by atoms with Crippen LogP contribution in [-0.2, 0) is 0 Å². The first-order valence-electron chi connectivity index (χ1n) is 22.1. The number of aromatic nitrogens is 5. The highest BCUT2D eigenvalue weighted by atomic mass is 32.1. The fourth-order valence-electron chi connectivity index (χ4n) is 9.67. The lowest BCUT2D eigenvalue weighted by atomic mass is 9.88. The molecule has 0 radical (unpaired) electrons. The summed E-state index contributed by atoms with van der Waals surface area (Å²) in [4.78, 5) is 29.1. The van der Waals surface area contributed by atoms with E-state index in [0.717, 1.165) is 93.4 Å². The first-order chi connectivity index (χ1) is 33.1. The third-order valence-electron chi connectivity index (χ3n) is 12.8. The summed E-state index contributed by atoms with van der Waals surface area (Å²) in [6.45, 7) is 7.44. The zero-order valence-electron chi connectivity index (χ0n) is 35.7. The van der Waals surface area contributed by atoms with E-state index in [9.17, 15) is 0 Å². The van der Waals surface area contributed by atoms with E-state index in [1.807, 2.05) is 79.1 Å². The number of hydrogen-bond donors (Lipinski definition) is 0. The van der Waals surface area contributed by atoms with Crippen molar-refractivity contribution in [1.29, 1.82) is 0 Å². The molecule has 0 unspecified atom stereocenters. The van der Waals surface area contributed by atoms with E-state index in [1.165, 1.54) is 20.2 Å². The molecule has 9 aromatic carbocycles. The van der Waals surface area contributed by atoms with E-state index in [4.69, 9.17) is 31.5 Å². The molecule has 0 aliphatic carbocycles. The molecule has 67 heavy (non-hydrogen) atoms. The van der Waals surface area contributed by atoms with Crippen molar-refractivity contribution in [3.8, 4) is 67.5 Å². The number of rotatable bonds is 6. The molecule has 0 bridgehead atoms. The monoisotopic (exact) mass is 870 g/mol. The number of fused-ring (bicyclic) bond motifs is 9. The van der Waals surface area contributed by atoms with Crippen LogP contribution in [0.4, 0.5) is 5.69 Å². The molecule has 0 aliphatic heterocycles. The fourth-order valence-corrected chi connectivity index (χ4v) is 10.8. The molecular formula is C60H34N6S. The van der Waals surface area contributed by atoms with Crippen molar-refractivity contribution in [1.82, 2.24) is 24.9 Å². The van der Waals surface area contributed by atoms with E-state index in [1.54, 1.807) is 11.3 Å². The maximum absolute atomic E-state index is 7.44. The van der Waals surface area contributed by atoms with Gasteiger partial charge in [-0.2, -0.15) is 0 Å². The van der Waals surface area contributed by atoms with Gasteiger partial charge in [0.25, 0.3) is 0 Å². The molecule has 0 fully saturated rings. The minimum absolute atomic E-state index is 0.595. The van der Waals surface area contributed by atoms with Crippen molar-refractivity contribution >= 4 is 80.5 Å². The Morgan fingerprint density at radius 2 is 0.866 bits per heavy atom. The largest absolute Gasteiger partial charge is 0.256 e. The summed E-state index contributed by atoms with van der Waals surface area (Å²) in [6, 6.07) is 67.4. The Balaban J connectivity index is 0.972. The van der Waals surface area contributed by atoms with Crippen LogP contribution in [-0.4, -0.2) is 24.9 Å². The van der Waals surface area contributed by atoms with E-state index < -0.39 is 0 Å². The second-order valence-electron chi connectivity index (χ2n) is 16.7. The van der Waals surface area contributed by atoms with Gasteiger partial charge in [-0.3, -0.25) is 9.97 Å². The summed E-state index contributed by atoms with van der Waals surface area (Å²) in [6.07, 6.45) is 3.76. The molecule has 13 rings (SSSR count). The van der Waals surface area contributed by atoms with E-state index in [0.29, 0.717) is 23.2 Å². The maximum atomic E-state index is 7.44. The predicted octanol–water partition coefficient (Wildman–Crippen LogP) is 16.2. The molecular weight excluding hydrogens is 837 g/mol. The van der Waals surface area contributed by atoms with Crippen LogP contribution >= 0.6 is 11.3 Å². The van der Waals surface area contributed by atoms with Crippen molar-refractivity contribution < 1.29 is 0 Å². The summed E-state index contributed by atoms with van der Waals surface area (Å²) in [5, 5.41) is 9.08. The third kappa shape index (κ3) is 6.50. The zero-order chi connectivity index (χ0) is 44.4. The summed E-state index contributed by atoms with van der Waals surface area (Å²) in [7, 11) is 0. The standard InChI is InChI=1S/C60H34N6S/c1-61-41-25-22-36(23-26-41)42-28-29-45(44-17-6-5-16-43(42)44)53-35-52-48-19-10-30-62-56(48)50(34-51(52)49-20-11-31-63-57(49)53)38-14-9-15-39(32-38)59-64-58(37-12-3-2-4-13-37)65-60(66-59)40-24-27-47-46-18-7-8-21-54(46)67-55(47)33-40/h2-35H. The van der Waals surface area contributed by atoms with Gasteiger partial charge in [0, 0.05) is 71.2 Å². The predicted molar refractivity (Wildman–Crippen MR) is 277 cm³/mol. The van der Waals surface area contributed by atoms with Crippen molar-refractivity contribution in [3.05, 3.63) is 218 Å². The van der Waals surface area contributed by atoms with E-state index >= 15 is 0 Å². The van der Waals surface area contributed by atoms with Crippen molar-refractivity contribution in [2.75, 3.05) is 0 Å².